The largest absolute Gasteiger partial charge is 0.380 e. The van der Waals surface area contributed by atoms with Crippen molar-refractivity contribution in [1.29, 1.82) is 0 Å². The predicted octanol–water partition coefficient (Wildman–Crippen LogP) is 2.99. The van der Waals surface area contributed by atoms with E-state index in [0.29, 0.717) is 12.1 Å². The highest BCUT2D eigenvalue weighted by molar-refractivity contribution is 5.99. The van der Waals surface area contributed by atoms with Gasteiger partial charge in [-0.05, 0) is 51.3 Å². The number of rotatable bonds is 5. The van der Waals surface area contributed by atoms with Crippen molar-refractivity contribution in [1.82, 2.24) is 5.16 Å². The average molecular weight is 328 g/mol. The molecule has 1 aromatic carbocycles. The molecule has 2 heterocycles. The molecule has 1 aliphatic rings. The summed E-state index contributed by atoms with van der Waals surface area (Å²) in [6.07, 6.45) is 3.66. The van der Waals surface area contributed by atoms with E-state index < -0.39 is 5.91 Å². The maximum absolute atomic E-state index is 11.9. The van der Waals surface area contributed by atoms with Crippen molar-refractivity contribution < 1.29 is 9.32 Å². The van der Waals surface area contributed by atoms with Gasteiger partial charge in [-0.3, -0.25) is 4.79 Å². The molecule has 1 saturated heterocycles. The van der Waals surface area contributed by atoms with Crippen molar-refractivity contribution in [2.45, 2.75) is 39.7 Å². The van der Waals surface area contributed by atoms with Crippen LogP contribution in [0.5, 0.6) is 0 Å². The first kappa shape index (κ1) is 16.4. The summed E-state index contributed by atoms with van der Waals surface area (Å²) < 4.78 is 5.17. The number of nitrogens with two attached hydrogens (primary N) is 1. The monoisotopic (exact) mass is 328 g/mol. The number of carbonyl (C=O) groups excluding carboxylic acids is 1. The summed E-state index contributed by atoms with van der Waals surface area (Å²) in [5, 5.41) is 7.24. The minimum atomic E-state index is -0.421. The Labute approximate surface area is 142 Å². The SMILES string of the molecule is Cc1noc(C)c1CNc1ccc(N2CCCCC2)cc1C(N)=O. The van der Waals surface area contributed by atoms with Gasteiger partial charge in [-0.25, -0.2) is 0 Å². The molecule has 128 valence electrons. The van der Waals surface area contributed by atoms with Crippen LogP contribution in [-0.2, 0) is 6.54 Å². The summed E-state index contributed by atoms with van der Waals surface area (Å²) in [4.78, 5) is 14.2. The Bertz CT molecular complexity index is 713. The first-order chi connectivity index (χ1) is 11.6. The molecule has 0 atom stereocenters. The van der Waals surface area contributed by atoms with E-state index in [-0.39, 0.29) is 0 Å². The van der Waals surface area contributed by atoms with Crippen LogP contribution >= 0.6 is 0 Å². The van der Waals surface area contributed by atoms with E-state index in [9.17, 15) is 4.79 Å². The average Bonchev–Trinajstić information content (AvgIpc) is 2.92. The number of nitrogens with one attached hydrogen (secondary N) is 1. The van der Waals surface area contributed by atoms with Crippen LogP contribution in [0.2, 0.25) is 0 Å². The minimum absolute atomic E-state index is 0.421. The van der Waals surface area contributed by atoms with Gasteiger partial charge in [0.25, 0.3) is 5.91 Å². The van der Waals surface area contributed by atoms with Gasteiger partial charge in [0.15, 0.2) is 0 Å². The molecule has 1 fully saturated rings. The molecule has 0 spiro atoms. The van der Waals surface area contributed by atoms with Crippen LogP contribution in [0, 0.1) is 13.8 Å². The fourth-order valence-electron chi connectivity index (χ4n) is 3.18. The van der Waals surface area contributed by atoms with Crippen LogP contribution in [0.25, 0.3) is 0 Å². The molecule has 3 rings (SSSR count). The van der Waals surface area contributed by atoms with Crippen LogP contribution in [-0.4, -0.2) is 24.2 Å². The smallest absolute Gasteiger partial charge is 0.250 e. The molecule has 0 unspecified atom stereocenters. The lowest BCUT2D eigenvalue weighted by Gasteiger charge is -2.29. The van der Waals surface area contributed by atoms with Gasteiger partial charge >= 0.3 is 0 Å². The summed E-state index contributed by atoms with van der Waals surface area (Å²) in [6.45, 7) is 6.39. The van der Waals surface area contributed by atoms with Crippen molar-refractivity contribution in [3.8, 4) is 0 Å². The van der Waals surface area contributed by atoms with Gasteiger partial charge in [0.05, 0.1) is 11.3 Å². The Balaban J connectivity index is 1.81. The standard InChI is InChI=1S/C18H24N4O2/c1-12-16(13(2)24-21-12)11-20-17-7-6-14(10-15(17)18(19)23)22-8-4-3-5-9-22/h6-7,10,20H,3-5,8-9,11H2,1-2H3,(H2,19,23). The molecule has 0 saturated carbocycles. The fraction of sp³-hybridized carbons (Fsp3) is 0.444. The van der Waals surface area contributed by atoms with Crippen molar-refractivity contribution >= 4 is 17.3 Å². The number of primary amides is 1. The Morgan fingerprint density at radius 2 is 2.04 bits per heavy atom. The lowest BCUT2D eigenvalue weighted by molar-refractivity contribution is 0.100. The maximum atomic E-state index is 11.9. The zero-order chi connectivity index (χ0) is 17.1. The number of anilines is 2. The quantitative estimate of drug-likeness (QED) is 0.881. The van der Waals surface area contributed by atoms with Gasteiger partial charge < -0.3 is 20.5 Å². The van der Waals surface area contributed by atoms with Crippen molar-refractivity contribution in [2.75, 3.05) is 23.3 Å². The second-order valence-electron chi connectivity index (χ2n) is 6.30. The number of amides is 1. The number of aryl methyl sites for hydroxylation is 2. The lowest BCUT2D eigenvalue weighted by atomic mass is 10.1. The molecule has 6 heteroatoms. The summed E-state index contributed by atoms with van der Waals surface area (Å²) >= 11 is 0. The molecule has 1 amide bonds. The van der Waals surface area contributed by atoms with Crippen molar-refractivity contribution in [3.63, 3.8) is 0 Å². The molecule has 6 nitrogen and oxygen atoms in total. The highest BCUT2D eigenvalue weighted by Gasteiger charge is 2.16. The molecule has 2 aromatic rings. The van der Waals surface area contributed by atoms with Crippen LogP contribution < -0.4 is 16.0 Å². The summed E-state index contributed by atoms with van der Waals surface area (Å²) in [5.41, 5.74) is 9.77. The number of hydrogen-bond donors (Lipinski definition) is 2. The number of benzene rings is 1. The molecule has 0 aliphatic carbocycles. The van der Waals surface area contributed by atoms with E-state index in [2.05, 4.69) is 15.4 Å². The lowest BCUT2D eigenvalue weighted by Crippen LogP contribution is -2.29. The molecule has 3 N–H and O–H groups in total. The van der Waals surface area contributed by atoms with E-state index >= 15 is 0 Å². The van der Waals surface area contributed by atoms with Gasteiger partial charge in [-0.15, -0.1) is 0 Å². The number of carbonyl (C=O) groups is 1. The third-order valence-electron chi connectivity index (χ3n) is 4.63. The minimum Gasteiger partial charge on any atom is -0.380 e. The summed E-state index contributed by atoms with van der Waals surface area (Å²) in [5.74, 6) is 0.362. The number of nitrogens with zero attached hydrogens (tertiary/aromatic N) is 2. The molecule has 1 aromatic heterocycles. The molecular formula is C18H24N4O2. The normalized spacial score (nSPS) is 14.7. The Morgan fingerprint density at radius 1 is 1.29 bits per heavy atom. The maximum Gasteiger partial charge on any atom is 0.250 e. The molecule has 0 radical (unpaired) electrons. The molecule has 24 heavy (non-hydrogen) atoms. The Hall–Kier alpha value is -2.50. The third kappa shape index (κ3) is 3.37. The first-order valence-corrected chi connectivity index (χ1v) is 8.40. The van der Waals surface area contributed by atoms with Crippen LogP contribution in [0.1, 0.15) is 46.6 Å². The zero-order valence-electron chi connectivity index (χ0n) is 14.3. The highest BCUT2D eigenvalue weighted by atomic mass is 16.5. The first-order valence-electron chi connectivity index (χ1n) is 8.40. The van der Waals surface area contributed by atoms with E-state index in [4.69, 9.17) is 10.3 Å². The van der Waals surface area contributed by atoms with E-state index in [1.54, 1.807) is 0 Å². The van der Waals surface area contributed by atoms with Gasteiger partial charge in [0, 0.05) is 36.6 Å². The van der Waals surface area contributed by atoms with Crippen LogP contribution in [0.3, 0.4) is 0 Å². The zero-order valence-corrected chi connectivity index (χ0v) is 14.3. The van der Waals surface area contributed by atoms with Gasteiger partial charge in [-0.2, -0.15) is 0 Å². The molecule has 1 aliphatic heterocycles. The van der Waals surface area contributed by atoms with E-state index in [1.807, 2.05) is 32.0 Å². The topological polar surface area (TPSA) is 84.4 Å². The fourth-order valence-corrected chi connectivity index (χ4v) is 3.18. The summed E-state index contributed by atoms with van der Waals surface area (Å²) in [7, 11) is 0. The van der Waals surface area contributed by atoms with Crippen LogP contribution in [0.15, 0.2) is 22.7 Å². The predicted molar refractivity (Wildman–Crippen MR) is 94.3 cm³/mol. The van der Waals surface area contributed by atoms with Gasteiger partial charge in [0.1, 0.15) is 5.76 Å². The second-order valence-corrected chi connectivity index (χ2v) is 6.30. The van der Waals surface area contributed by atoms with E-state index in [1.165, 1.54) is 19.3 Å². The highest BCUT2D eigenvalue weighted by Crippen LogP contribution is 2.26. The molecular weight excluding hydrogens is 304 g/mol. The second kappa shape index (κ2) is 6.95. The van der Waals surface area contributed by atoms with Crippen LogP contribution in [0.4, 0.5) is 11.4 Å². The Kier molecular flexibility index (Phi) is 4.74. The number of aromatic nitrogens is 1. The number of piperidine rings is 1. The summed E-state index contributed by atoms with van der Waals surface area (Å²) in [6, 6.07) is 5.87. The van der Waals surface area contributed by atoms with E-state index in [0.717, 1.165) is 41.5 Å². The Morgan fingerprint density at radius 3 is 2.67 bits per heavy atom. The van der Waals surface area contributed by atoms with Crippen molar-refractivity contribution in [3.05, 3.63) is 40.8 Å². The van der Waals surface area contributed by atoms with Gasteiger partial charge in [-0.1, -0.05) is 5.16 Å². The van der Waals surface area contributed by atoms with Gasteiger partial charge in [0.2, 0.25) is 0 Å². The third-order valence-corrected chi connectivity index (χ3v) is 4.63. The number of hydrogen-bond acceptors (Lipinski definition) is 5. The molecule has 0 bridgehead atoms. The van der Waals surface area contributed by atoms with Crippen molar-refractivity contribution in [2.24, 2.45) is 5.73 Å².